The second kappa shape index (κ2) is 7.16. The van der Waals surface area contributed by atoms with E-state index in [1.54, 1.807) is 14.2 Å². The van der Waals surface area contributed by atoms with Crippen molar-refractivity contribution in [1.29, 1.82) is 0 Å². The predicted octanol–water partition coefficient (Wildman–Crippen LogP) is 2.41. The fraction of sp³-hybridized carbons (Fsp3) is 0.385. The summed E-state index contributed by atoms with van der Waals surface area (Å²) in [6.45, 7) is 0.662. The number of thioether (sulfide) groups is 1. The monoisotopic (exact) mass is 280 g/mol. The fourth-order valence-corrected chi connectivity index (χ4v) is 2.27. The van der Waals surface area contributed by atoms with E-state index >= 15 is 0 Å². The zero-order chi connectivity index (χ0) is 13.5. The van der Waals surface area contributed by atoms with Crippen LogP contribution in [0.5, 0.6) is 5.75 Å². The van der Waals surface area contributed by atoms with Crippen molar-refractivity contribution in [2.75, 3.05) is 26.6 Å². The summed E-state index contributed by atoms with van der Waals surface area (Å²) in [5, 5.41) is 8.59. The highest BCUT2D eigenvalue weighted by atomic mass is 32.2. The highest BCUT2D eigenvalue weighted by Gasteiger charge is 2.10. The summed E-state index contributed by atoms with van der Waals surface area (Å²) >= 11 is 1.49. The Morgan fingerprint density at radius 3 is 2.84 bits per heavy atom. The summed E-state index contributed by atoms with van der Waals surface area (Å²) in [4.78, 5) is 0. The molecule has 0 saturated carbocycles. The third-order valence-electron chi connectivity index (χ3n) is 2.50. The van der Waals surface area contributed by atoms with Crippen molar-refractivity contribution in [2.24, 2.45) is 0 Å². The summed E-state index contributed by atoms with van der Waals surface area (Å²) in [5.41, 5.74) is 1.03. The summed E-state index contributed by atoms with van der Waals surface area (Å²) in [5.74, 6) is 2.21. The smallest absolute Gasteiger partial charge is 0.276 e. The molecule has 0 aliphatic carbocycles. The molecule has 1 aromatic carbocycles. The molecule has 0 spiro atoms. The van der Waals surface area contributed by atoms with Gasteiger partial charge in [0.15, 0.2) is 0 Å². The van der Waals surface area contributed by atoms with Gasteiger partial charge in [-0.2, -0.15) is 0 Å². The normalized spacial score (nSPS) is 10.6. The first-order valence-electron chi connectivity index (χ1n) is 5.89. The van der Waals surface area contributed by atoms with E-state index in [4.69, 9.17) is 13.9 Å². The molecule has 0 amide bonds. The summed E-state index contributed by atoms with van der Waals surface area (Å²) < 4.78 is 15.8. The third-order valence-corrected chi connectivity index (χ3v) is 3.28. The molecule has 2 aromatic rings. The number of ether oxygens (including phenoxy) is 2. The van der Waals surface area contributed by atoms with E-state index in [1.165, 1.54) is 11.8 Å². The molecular weight excluding hydrogens is 264 g/mol. The molecule has 0 radical (unpaired) electrons. The minimum Gasteiger partial charge on any atom is -0.496 e. The second-order valence-electron chi connectivity index (χ2n) is 3.79. The van der Waals surface area contributed by atoms with Crippen LogP contribution in [-0.2, 0) is 11.2 Å². The molecule has 0 aliphatic rings. The highest BCUT2D eigenvalue weighted by Crippen LogP contribution is 2.22. The van der Waals surface area contributed by atoms with Crippen LogP contribution in [-0.4, -0.2) is 36.8 Å². The third kappa shape index (κ3) is 3.97. The lowest BCUT2D eigenvalue weighted by Crippen LogP contribution is -1.93. The van der Waals surface area contributed by atoms with Crippen molar-refractivity contribution in [3.63, 3.8) is 0 Å². The molecule has 102 valence electrons. The number of hydrogen-bond acceptors (Lipinski definition) is 6. The Morgan fingerprint density at radius 2 is 2.05 bits per heavy atom. The van der Waals surface area contributed by atoms with E-state index in [2.05, 4.69) is 10.2 Å². The Morgan fingerprint density at radius 1 is 1.21 bits per heavy atom. The average Bonchev–Trinajstić information content (AvgIpc) is 2.87. The fourth-order valence-electron chi connectivity index (χ4n) is 1.59. The van der Waals surface area contributed by atoms with Gasteiger partial charge in [0.2, 0.25) is 5.89 Å². The molecule has 0 atom stereocenters. The first-order valence-corrected chi connectivity index (χ1v) is 6.88. The molecule has 6 heteroatoms. The Balaban J connectivity index is 1.99. The van der Waals surface area contributed by atoms with Crippen LogP contribution in [0.2, 0.25) is 0 Å². The van der Waals surface area contributed by atoms with Gasteiger partial charge in [0.25, 0.3) is 5.22 Å². The van der Waals surface area contributed by atoms with Gasteiger partial charge in [0.05, 0.1) is 20.1 Å². The van der Waals surface area contributed by atoms with E-state index in [0.29, 0.717) is 24.1 Å². The minimum atomic E-state index is 0.571. The van der Waals surface area contributed by atoms with Gasteiger partial charge in [-0.05, 0) is 6.07 Å². The molecule has 5 nitrogen and oxygen atoms in total. The maximum atomic E-state index is 5.56. The number of aromatic nitrogens is 2. The molecule has 0 saturated heterocycles. The van der Waals surface area contributed by atoms with Crippen LogP contribution in [0.25, 0.3) is 0 Å². The van der Waals surface area contributed by atoms with Gasteiger partial charge in [0.1, 0.15) is 5.75 Å². The summed E-state index contributed by atoms with van der Waals surface area (Å²) in [6.07, 6.45) is 0.571. The van der Waals surface area contributed by atoms with Crippen LogP contribution in [0.3, 0.4) is 0 Å². The maximum Gasteiger partial charge on any atom is 0.276 e. The number of para-hydroxylation sites is 1. The van der Waals surface area contributed by atoms with Crippen LogP contribution < -0.4 is 4.74 Å². The molecule has 1 heterocycles. The molecule has 0 aliphatic heterocycles. The molecule has 19 heavy (non-hydrogen) atoms. The molecule has 2 rings (SSSR count). The molecular formula is C13H16N2O3S. The number of rotatable bonds is 7. The lowest BCUT2D eigenvalue weighted by molar-refractivity contribution is 0.218. The molecule has 0 unspecified atom stereocenters. The number of nitrogens with zero attached hydrogens (tertiary/aromatic N) is 2. The van der Waals surface area contributed by atoms with Gasteiger partial charge >= 0.3 is 0 Å². The number of hydrogen-bond donors (Lipinski definition) is 0. The van der Waals surface area contributed by atoms with Gasteiger partial charge in [0, 0.05) is 18.4 Å². The van der Waals surface area contributed by atoms with Crippen molar-refractivity contribution in [1.82, 2.24) is 10.2 Å². The van der Waals surface area contributed by atoms with Gasteiger partial charge < -0.3 is 13.9 Å². The Kier molecular flexibility index (Phi) is 5.23. The zero-order valence-electron chi connectivity index (χ0n) is 11.0. The molecule has 0 bridgehead atoms. The lowest BCUT2D eigenvalue weighted by Gasteiger charge is -2.05. The van der Waals surface area contributed by atoms with Gasteiger partial charge in [-0.15, -0.1) is 10.2 Å². The number of methoxy groups -OCH3 is 2. The van der Waals surface area contributed by atoms with Crippen LogP contribution in [0.4, 0.5) is 0 Å². The largest absolute Gasteiger partial charge is 0.496 e. The van der Waals surface area contributed by atoms with Crippen LogP contribution in [0.15, 0.2) is 33.9 Å². The SMILES string of the molecule is COCCSc1nnc(Cc2ccccc2OC)o1. The Labute approximate surface area is 116 Å². The van der Waals surface area contributed by atoms with Crippen molar-refractivity contribution >= 4 is 11.8 Å². The minimum absolute atomic E-state index is 0.571. The van der Waals surface area contributed by atoms with Crippen LogP contribution in [0, 0.1) is 0 Å². The van der Waals surface area contributed by atoms with Crippen molar-refractivity contribution in [2.45, 2.75) is 11.6 Å². The highest BCUT2D eigenvalue weighted by molar-refractivity contribution is 7.99. The lowest BCUT2D eigenvalue weighted by atomic mass is 10.1. The predicted molar refractivity (Wildman–Crippen MR) is 72.7 cm³/mol. The van der Waals surface area contributed by atoms with Gasteiger partial charge in [-0.1, -0.05) is 30.0 Å². The van der Waals surface area contributed by atoms with E-state index in [1.807, 2.05) is 24.3 Å². The van der Waals surface area contributed by atoms with Crippen molar-refractivity contribution < 1.29 is 13.9 Å². The Hall–Kier alpha value is -1.53. The second-order valence-corrected chi connectivity index (χ2v) is 4.84. The van der Waals surface area contributed by atoms with Gasteiger partial charge in [-0.3, -0.25) is 0 Å². The topological polar surface area (TPSA) is 57.4 Å². The maximum absolute atomic E-state index is 5.56. The summed E-state index contributed by atoms with van der Waals surface area (Å²) in [6, 6.07) is 7.80. The standard InChI is InChI=1S/C13H16N2O3S/c1-16-7-8-19-13-15-14-12(18-13)9-10-5-3-4-6-11(10)17-2/h3-6H,7-9H2,1-2H3. The van der Waals surface area contributed by atoms with Gasteiger partial charge in [-0.25, -0.2) is 0 Å². The number of benzene rings is 1. The molecule has 1 aromatic heterocycles. The zero-order valence-corrected chi connectivity index (χ0v) is 11.8. The van der Waals surface area contributed by atoms with Crippen LogP contribution >= 0.6 is 11.8 Å². The first kappa shape index (κ1) is 13.9. The quantitative estimate of drug-likeness (QED) is 0.573. The van der Waals surface area contributed by atoms with Crippen molar-refractivity contribution in [3.05, 3.63) is 35.7 Å². The first-order chi connectivity index (χ1) is 9.33. The average molecular weight is 280 g/mol. The van der Waals surface area contributed by atoms with E-state index in [-0.39, 0.29) is 0 Å². The van der Waals surface area contributed by atoms with E-state index < -0.39 is 0 Å². The van der Waals surface area contributed by atoms with Crippen LogP contribution in [0.1, 0.15) is 11.5 Å². The van der Waals surface area contributed by atoms with E-state index in [9.17, 15) is 0 Å². The van der Waals surface area contributed by atoms with Crippen molar-refractivity contribution in [3.8, 4) is 5.75 Å². The Bertz CT molecular complexity index is 516. The van der Waals surface area contributed by atoms with E-state index in [0.717, 1.165) is 17.1 Å². The molecule has 0 fully saturated rings. The molecule has 0 N–H and O–H groups in total. The summed E-state index contributed by atoms with van der Waals surface area (Å²) in [7, 11) is 3.32.